The Morgan fingerprint density at radius 1 is 1.42 bits per heavy atom. The highest BCUT2D eigenvalue weighted by molar-refractivity contribution is 6.01. The molecule has 4 nitrogen and oxygen atoms in total. The van der Waals surface area contributed by atoms with Gasteiger partial charge in [0.25, 0.3) is 0 Å². The van der Waals surface area contributed by atoms with E-state index in [1.165, 1.54) is 12.1 Å². The van der Waals surface area contributed by atoms with Crippen molar-refractivity contribution >= 4 is 17.5 Å². The standard InChI is InChI=1S/C14H17FN2O2/c1-3-17(4-2)14(19)11-8-13(18)16-12-7-9(15)5-6-10(11)12/h5-7,11H,3-4,8H2,1-2H3,(H,16,18)/t11-/m0/s1. The maximum Gasteiger partial charge on any atom is 0.230 e. The first kappa shape index (κ1) is 13.5. The highest BCUT2D eigenvalue weighted by atomic mass is 19.1. The van der Waals surface area contributed by atoms with Gasteiger partial charge in [-0.15, -0.1) is 0 Å². The van der Waals surface area contributed by atoms with Gasteiger partial charge < -0.3 is 10.2 Å². The fourth-order valence-electron chi connectivity index (χ4n) is 2.41. The summed E-state index contributed by atoms with van der Waals surface area (Å²) in [5.41, 5.74) is 1.10. The van der Waals surface area contributed by atoms with E-state index in [9.17, 15) is 14.0 Å². The molecule has 1 N–H and O–H groups in total. The zero-order valence-corrected chi connectivity index (χ0v) is 11.1. The van der Waals surface area contributed by atoms with Crippen molar-refractivity contribution in [3.05, 3.63) is 29.6 Å². The molecule has 0 saturated heterocycles. The number of likely N-dealkylation sites (N-methyl/N-ethyl adjacent to an activating group) is 1. The molecule has 0 aromatic heterocycles. The van der Waals surface area contributed by atoms with Crippen molar-refractivity contribution in [1.29, 1.82) is 0 Å². The van der Waals surface area contributed by atoms with Crippen LogP contribution in [0.15, 0.2) is 18.2 Å². The van der Waals surface area contributed by atoms with Crippen molar-refractivity contribution in [3.8, 4) is 0 Å². The first-order chi connectivity index (χ1) is 9.06. The van der Waals surface area contributed by atoms with Gasteiger partial charge in [0.1, 0.15) is 5.82 Å². The molecule has 1 aromatic rings. The summed E-state index contributed by atoms with van der Waals surface area (Å²) in [6.07, 6.45) is 0.119. The number of carbonyl (C=O) groups excluding carboxylic acids is 2. The Morgan fingerprint density at radius 3 is 2.74 bits per heavy atom. The zero-order chi connectivity index (χ0) is 14.0. The van der Waals surface area contributed by atoms with E-state index < -0.39 is 11.7 Å². The molecule has 5 heteroatoms. The van der Waals surface area contributed by atoms with Crippen LogP contribution in [0, 0.1) is 5.82 Å². The predicted molar refractivity (Wildman–Crippen MR) is 70.3 cm³/mol. The molecule has 19 heavy (non-hydrogen) atoms. The number of nitrogens with zero attached hydrogens (tertiary/aromatic N) is 1. The molecular formula is C14H17FN2O2. The molecule has 0 saturated carbocycles. The number of nitrogens with one attached hydrogen (secondary N) is 1. The number of halogens is 1. The normalized spacial score (nSPS) is 17.6. The molecule has 102 valence electrons. The summed E-state index contributed by atoms with van der Waals surface area (Å²) in [6, 6.07) is 4.16. The fraction of sp³-hybridized carbons (Fsp3) is 0.429. The maximum absolute atomic E-state index is 13.2. The second-order valence-corrected chi connectivity index (χ2v) is 4.55. The lowest BCUT2D eigenvalue weighted by molar-refractivity contribution is -0.134. The molecule has 1 heterocycles. The zero-order valence-electron chi connectivity index (χ0n) is 11.1. The smallest absolute Gasteiger partial charge is 0.230 e. The van der Waals surface area contributed by atoms with Crippen molar-refractivity contribution < 1.29 is 14.0 Å². The van der Waals surface area contributed by atoms with E-state index in [0.717, 1.165) is 0 Å². The molecule has 0 bridgehead atoms. The minimum atomic E-state index is -0.510. The van der Waals surface area contributed by atoms with Gasteiger partial charge in [0.05, 0.1) is 5.92 Å². The number of rotatable bonds is 3. The summed E-state index contributed by atoms with van der Waals surface area (Å²) in [4.78, 5) is 25.7. The molecule has 0 aliphatic carbocycles. The van der Waals surface area contributed by atoms with Gasteiger partial charge in [-0.1, -0.05) is 6.07 Å². The number of anilines is 1. The van der Waals surface area contributed by atoms with E-state index in [1.54, 1.807) is 11.0 Å². The fourth-order valence-corrected chi connectivity index (χ4v) is 2.41. The van der Waals surface area contributed by atoms with E-state index in [4.69, 9.17) is 0 Å². The van der Waals surface area contributed by atoms with Crippen molar-refractivity contribution in [2.75, 3.05) is 18.4 Å². The van der Waals surface area contributed by atoms with Crippen molar-refractivity contribution in [3.63, 3.8) is 0 Å². The average Bonchev–Trinajstić information content (AvgIpc) is 2.38. The lowest BCUT2D eigenvalue weighted by Crippen LogP contribution is -2.38. The van der Waals surface area contributed by atoms with Gasteiger partial charge in [0.15, 0.2) is 0 Å². The van der Waals surface area contributed by atoms with Gasteiger partial charge >= 0.3 is 0 Å². The maximum atomic E-state index is 13.2. The molecule has 0 spiro atoms. The van der Waals surface area contributed by atoms with Crippen LogP contribution in [0.1, 0.15) is 31.7 Å². The van der Waals surface area contributed by atoms with Crippen molar-refractivity contribution in [2.45, 2.75) is 26.2 Å². The third-order valence-corrected chi connectivity index (χ3v) is 3.43. The summed E-state index contributed by atoms with van der Waals surface area (Å²) >= 11 is 0. The first-order valence-corrected chi connectivity index (χ1v) is 6.44. The third-order valence-electron chi connectivity index (χ3n) is 3.43. The van der Waals surface area contributed by atoms with E-state index >= 15 is 0 Å². The van der Waals surface area contributed by atoms with Crippen LogP contribution in [-0.2, 0) is 9.59 Å². The minimum Gasteiger partial charge on any atom is -0.343 e. The monoisotopic (exact) mass is 264 g/mol. The Morgan fingerprint density at radius 2 is 2.11 bits per heavy atom. The van der Waals surface area contributed by atoms with Crippen LogP contribution in [0.5, 0.6) is 0 Å². The lowest BCUT2D eigenvalue weighted by atomic mass is 9.89. The number of hydrogen-bond acceptors (Lipinski definition) is 2. The molecule has 1 aromatic carbocycles. The summed E-state index contributed by atoms with van der Waals surface area (Å²) in [6.45, 7) is 5.00. The number of benzene rings is 1. The van der Waals surface area contributed by atoms with Gasteiger partial charge in [-0.3, -0.25) is 9.59 Å². The number of carbonyl (C=O) groups is 2. The quantitative estimate of drug-likeness (QED) is 0.909. The Hall–Kier alpha value is -1.91. The van der Waals surface area contributed by atoms with Crippen LogP contribution in [0.4, 0.5) is 10.1 Å². The van der Waals surface area contributed by atoms with Gasteiger partial charge in [-0.25, -0.2) is 4.39 Å². The van der Waals surface area contributed by atoms with Crippen LogP contribution < -0.4 is 5.32 Å². The van der Waals surface area contributed by atoms with Crippen LogP contribution in [0.25, 0.3) is 0 Å². The Labute approximate surface area is 111 Å². The van der Waals surface area contributed by atoms with Gasteiger partial charge in [-0.05, 0) is 31.5 Å². The molecule has 2 amide bonds. The van der Waals surface area contributed by atoms with Gasteiger partial charge in [0, 0.05) is 25.2 Å². The Balaban J connectivity index is 2.37. The topological polar surface area (TPSA) is 49.4 Å². The minimum absolute atomic E-state index is 0.0762. The SMILES string of the molecule is CCN(CC)C(=O)[C@H]1CC(=O)Nc2cc(F)ccc21. The highest BCUT2D eigenvalue weighted by Crippen LogP contribution is 2.33. The van der Waals surface area contributed by atoms with Crippen LogP contribution >= 0.6 is 0 Å². The Bertz CT molecular complexity index is 512. The summed E-state index contributed by atoms with van der Waals surface area (Å²) in [7, 11) is 0. The first-order valence-electron chi connectivity index (χ1n) is 6.44. The van der Waals surface area contributed by atoms with Crippen molar-refractivity contribution in [2.24, 2.45) is 0 Å². The molecule has 2 rings (SSSR count). The molecular weight excluding hydrogens is 247 g/mol. The van der Waals surface area contributed by atoms with E-state index in [1.807, 2.05) is 13.8 Å². The van der Waals surface area contributed by atoms with Gasteiger partial charge in [0.2, 0.25) is 11.8 Å². The second-order valence-electron chi connectivity index (χ2n) is 4.55. The number of amides is 2. The highest BCUT2D eigenvalue weighted by Gasteiger charge is 2.32. The second kappa shape index (κ2) is 5.38. The molecule has 1 atom stereocenters. The molecule has 1 aliphatic heterocycles. The predicted octanol–water partition coefficient (Wildman–Crippen LogP) is 2.12. The third kappa shape index (κ3) is 2.59. The van der Waals surface area contributed by atoms with E-state index in [2.05, 4.69) is 5.32 Å². The molecule has 0 radical (unpaired) electrons. The number of hydrogen-bond donors (Lipinski definition) is 1. The largest absolute Gasteiger partial charge is 0.343 e. The lowest BCUT2D eigenvalue weighted by Gasteiger charge is -2.29. The van der Waals surface area contributed by atoms with Crippen LogP contribution in [0.2, 0.25) is 0 Å². The van der Waals surface area contributed by atoms with Crippen LogP contribution in [-0.4, -0.2) is 29.8 Å². The summed E-state index contributed by atoms with van der Waals surface area (Å²) in [5, 5.41) is 2.61. The van der Waals surface area contributed by atoms with Gasteiger partial charge in [-0.2, -0.15) is 0 Å². The molecule has 1 aliphatic rings. The number of fused-ring (bicyclic) bond motifs is 1. The van der Waals surface area contributed by atoms with E-state index in [-0.39, 0.29) is 18.2 Å². The Kier molecular flexibility index (Phi) is 3.83. The average molecular weight is 264 g/mol. The molecule has 0 fully saturated rings. The van der Waals surface area contributed by atoms with Crippen molar-refractivity contribution in [1.82, 2.24) is 4.90 Å². The molecule has 0 unspecified atom stereocenters. The van der Waals surface area contributed by atoms with Crippen LogP contribution in [0.3, 0.4) is 0 Å². The summed E-state index contributed by atoms with van der Waals surface area (Å²) in [5.74, 6) is -1.25. The summed E-state index contributed by atoms with van der Waals surface area (Å²) < 4.78 is 13.2. The van der Waals surface area contributed by atoms with E-state index in [0.29, 0.717) is 24.3 Å².